The summed E-state index contributed by atoms with van der Waals surface area (Å²) in [6, 6.07) is 4.45. The summed E-state index contributed by atoms with van der Waals surface area (Å²) in [5.74, 6) is 0.172. The smallest absolute Gasteiger partial charge is 0.265 e. The summed E-state index contributed by atoms with van der Waals surface area (Å²) < 4.78 is 32.7. The van der Waals surface area contributed by atoms with Crippen LogP contribution in [0.25, 0.3) is 0 Å². The minimum Gasteiger partial charge on any atom is -0.482 e. The van der Waals surface area contributed by atoms with E-state index in [4.69, 9.17) is 4.74 Å². The molecule has 8 nitrogen and oxygen atoms in total. The summed E-state index contributed by atoms with van der Waals surface area (Å²) in [5, 5.41) is 2.46. The Morgan fingerprint density at radius 1 is 1.31 bits per heavy atom. The second-order valence-electron chi connectivity index (χ2n) is 6.66. The van der Waals surface area contributed by atoms with Crippen LogP contribution in [0.1, 0.15) is 19.8 Å². The van der Waals surface area contributed by atoms with Gasteiger partial charge in [-0.3, -0.25) is 14.5 Å². The van der Waals surface area contributed by atoms with Crippen LogP contribution < -0.4 is 15.0 Å². The second kappa shape index (κ2) is 7.24. The van der Waals surface area contributed by atoms with E-state index < -0.39 is 10.0 Å². The van der Waals surface area contributed by atoms with Gasteiger partial charge in [0, 0.05) is 20.1 Å². The summed E-state index contributed by atoms with van der Waals surface area (Å²) in [5.41, 5.74) is 0.302. The third-order valence-electron chi connectivity index (χ3n) is 4.83. The molecular formula is C17H23N3O5S. The first-order valence-electron chi connectivity index (χ1n) is 8.61. The van der Waals surface area contributed by atoms with Gasteiger partial charge in [0.1, 0.15) is 12.3 Å². The van der Waals surface area contributed by atoms with Crippen LogP contribution in [0, 0.1) is 5.92 Å². The Hall–Kier alpha value is -2.13. The molecule has 0 atom stereocenters. The molecule has 2 aliphatic heterocycles. The van der Waals surface area contributed by atoms with Crippen LogP contribution in [0.2, 0.25) is 0 Å². The second-order valence-corrected chi connectivity index (χ2v) is 8.60. The molecular weight excluding hydrogens is 358 g/mol. The Bertz CT molecular complexity index is 816. The van der Waals surface area contributed by atoms with E-state index in [0.717, 1.165) is 12.8 Å². The van der Waals surface area contributed by atoms with Crippen LogP contribution in [0.5, 0.6) is 5.75 Å². The number of nitrogens with zero attached hydrogens (tertiary/aromatic N) is 2. The number of ether oxygens (including phenoxy) is 1. The number of benzene rings is 1. The number of piperidine rings is 1. The van der Waals surface area contributed by atoms with E-state index in [0.29, 0.717) is 30.4 Å². The number of sulfonamides is 1. The molecule has 0 aromatic heterocycles. The quantitative estimate of drug-likeness (QED) is 0.823. The summed E-state index contributed by atoms with van der Waals surface area (Å²) in [7, 11) is -2.18. The summed E-state index contributed by atoms with van der Waals surface area (Å²) in [6.07, 6.45) is 1.66. The highest BCUT2D eigenvalue weighted by Crippen LogP contribution is 2.35. The topological polar surface area (TPSA) is 96.0 Å². The van der Waals surface area contributed by atoms with Crippen molar-refractivity contribution < 1.29 is 22.7 Å². The molecule has 2 aliphatic rings. The molecule has 0 bridgehead atoms. The molecule has 0 spiro atoms. The van der Waals surface area contributed by atoms with Gasteiger partial charge in [-0.05, 0) is 37.0 Å². The summed E-state index contributed by atoms with van der Waals surface area (Å²) >= 11 is 0. The molecule has 0 saturated carbocycles. The zero-order valence-corrected chi connectivity index (χ0v) is 15.7. The fourth-order valence-corrected chi connectivity index (χ4v) is 4.60. The van der Waals surface area contributed by atoms with Crippen molar-refractivity contribution in [3.63, 3.8) is 0 Å². The number of hydrogen-bond donors (Lipinski definition) is 1. The minimum atomic E-state index is -3.65. The molecule has 0 radical (unpaired) electrons. The third-order valence-corrected chi connectivity index (χ3v) is 6.73. The zero-order valence-electron chi connectivity index (χ0n) is 14.9. The highest BCUT2D eigenvalue weighted by molar-refractivity contribution is 7.89. The van der Waals surface area contributed by atoms with Gasteiger partial charge in [-0.1, -0.05) is 6.92 Å². The number of carbonyl (C=O) groups is 2. The van der Waals surface area contributed by atoms with Crippen molar-refractivity contribution in [1.82, 2.24) is 9.62 Å². The number of likely N-dealkylation sites (N-methyl/N-ethyl adjacent to an activating group) is 1. The van der Waals surface area contributed by atoms with Crippen molar-refractivity contribution in [2.24, 2.45) is 5.92 Å². The van der Waals surface area contributed by atoms with Crippen molar-refractivity contribution in [3.8, 4) is 5.75 Å². The fraction of sp³-hybridized carbons (Fsp3) is 0.529. The van der Waals surface area contributed by atoms with Crippen LogP contribution in [0.15, 0.2) is 23.1 Å². The molecule has 9 heteroatoms. The standard InChI is InChI=1S/C17H23N3O5S/c1-12-5-7-19(8-6-12)26(23,24)13-3-4-15-14(9-13)20(10-16(21)18-2)17(22)11-25-15/h3-4,9,12H,5-8,10-11H2,1-2H3,(H,18,21). The maximum absolute atomic E-state index is 12.9. The molecule has 3 rings (SSSR count). The average molecular weight is 381 g/mol. The Labute approximate surface area is 153 Å². The van der Waals surface area contributed by atoms with E-state index in [2.05, 4.69) is 12.2 Å². The average Bonchev–Trinajstić information content (AvgIpc) is 2.63. The number of amides is 2. The van der Waals surface area contributed by atoms with Gasteiger partial charge in [0.25, 0.3) is 5.91 Å². The molecule has 1 N–H and O–H groups in total. The van der Waals surface area contributed by atoms with Crippen LogP contribution in [-0.2, 0) is 19.6 Å². The molecule has 1 fully saturated rings. The van der Waals surface area contributed by atoms with Crippen molar-refractivity contribution in [2.75, 3.05) is 38.2 Å². The van der Waals surface area contributed by atoms with Crippen LogP contribution in [0.3, 0.4) is 0 Å². The molecule has 2 amide bonds. The lowest BCUT2D eigenvalue weighted by Crippen LogP contribution is -2.44. The summed E-state index contributed by atoms with van der Waals surface area (Å²) in [6.45, 7) is 2.72. The molecule has 1 saturated heterocycles. The number of hydrogen-bond acceptors (Lipinski definition) is 5. The van der Waals surface area contributed by atoms with E-state index in [-0.39, 0.29) is 29.9 Å². The highest BCUT2D eigenvalue weighted by Gasteiger charge is 2.32. The number of fused-ring (bicyclic) bond motifs is 1. The lowest BCUT2D eigenvalue weighted by molar-refractivity contribution is -0.125. The molecule has 142 valence electrons. The lowest BCUT2D eigenvalue weighted by atomic mass is 10.0. The van der Waals surface area contributed by atoms with Gasteiger partial charge < -0.3 is 10.1 Å². The third kappa shape index (κ3) is 3.54. The predicted molar refractivity (Wildman–Crippen MR) is 95.5 cm³/mol. The van der Waals surface area contributed by atoms with Crippen LogP contribution >= 0.6 is 0 Å². The maximum atomic E-state index is 12.9. The van der Waals surface area contributed by atoms with Crippen LogP contribution in [0.4, 0.5) is 5.69 Å². The number of rotatable bonds is 4. The molecule has 2 heterocycles. The molecule has 26 heavy (non-hydrogen) atoms. The Morgan fingerprint density at radius 3 is 2.65 bits per heavy atom. The number of anilines is 1. The number of carbonyl (C=O) groups excluding carboxylic acids is 2. The van der Waals surface area contributed by atoms with Crippen LogP contribution in [-0.4, -0.2) is 57.8 Å². The van der Waals surface area contributed by atoms with E-state index in [1.165, 1.54) is 34.5 Å². The van der Waals surface area contributed by atoms with Crippen molar-refractivity contribution in [3.05, 3.63) is 18.2 Å². The largest absolute Gasteiger partial charge is 0.482 e. The van der Waals surface area contributed by atoms with Gasteiger partial charge in [-0.2, -0.15) is 4.31 Å². The van der Waals surface area contributed by atoms with Gasteiger partial charge in [0.2, 0.25) is 15.9 Å². The van der Waals surface area contributed by atoms with Crippen molar-refractivity contribution in [1.29, 1.82) is 0 Å². The van der Waals surface area contributed by atoms with Gasteiger partial charge in [0.05, 0.1) is 10.6 Å². The SMILES string of the molecule is CNC(=O)CN1C(=O)COc2ccc(S(=O)(=O)N3CCC(C)CC3)cc21. The summed E-state index contributed by atoms with van der Waals surface area (Å²) in [4.78, 5) is 25.3. The number of nitrogens with one attached hydrogen (secondary N) is 1. The van der Waals surface area contributed by atoms with Crippen molar-refractivity contribution in [2.45, 2.75) is 24.7 Å². The van der Waals surface area contributed by atoms with Gasteiger partial charge in [-0.25, -0.2) is 8.42 Å². The van der Waals surface area contributed by atoms with E-state index in [1.54, 1.807) is 0 Å². The van der Waals surface area contributed by atoms with Gasteiger partial charge in [0.15, 0.2) is 6.61 Å². The lowest BCUT2D eigenvalue weighted by Gasteiger charge is -2.31. The van der Waals surface area contributed by atoms with Gasteiger partial charge >= 0.3 is 0 Å². The first kappa shape index (κ1) is 18.7. The monoisotopic (exact) mass is 381 g/mol. The molecule has 0 aliphatic carbocycles. The van der Waals surface area contributed by atoms with E-state index in [1.807, 2.05) is 0 Å². The highest BCUT2D eigenvalue weighted by atomic mass is 32.2. The first-order chi connectivity index (χ1) is 12.3. The fourth-order valence-electron chi connectivity index (χ4n) is 3.11. The Morgan fingerprint density at radius 2 is 2.00 bits per heavy atom. The molecule has 0 unspecified atom stereocenters. The maximum Gasteiger partial charge on any atom is 0.265 e. The van der Waals surface area contributed by atoms with E-state index in [9.17, 15) is 18.0 Å². The Kier molecular flexibility index (Phi) is 5.19. The Balaban J connectivity index is 1.94. The first-order valence-corrected chi connectivity index (χ1v) is 10.0. The normalized spacial score (nSPS) is 19.0. The molecule has 1 aromatic rings. The predicted octanol–water partition coefficient (Wildman–Crippen LogP) is 0.579. The van der Waals surface area contributed by atoms with Gasteiger partial charge in [-0.15, -0.1) is 0 Å². The van der Waals surface area contributed by atoms with E-state index >= 15 is 0 Å². The molecule has 1 aromatic carbocycles. The van der Waals surface area contributed by atoms with Crippen molar-refractivity contribution >= 4 is 27.5 Å². The minimum absolute atomic E-state index is 0.103. The zero-order chi connectivity index (χ0) is 18.9.